The van der Waals surface area contributed by atoms with Gasteiger partial charge in [-0.2, -0.15) is 0 Å². The first-order valence-corrected chi connectivity index (χ1v) is 8.81. The van der Waals surface area contributed by atoms with E-state index in [1.165, 1.54) is 0 Å². The van der Waals surface area contributed by atoms with Gasteiger partial charge in [0.1, 0.15) is 17.6 Å². The third kappa shape index (κ3) is 12.9. The fourth-order valence-corrected chi connectivity index (χ4v) is 1.63. The minimum Gasteiger partial charge on any atom is -0.496 e. The van der Waals surface area contributed by atoms with Crippen LogP contribution >= 0.6 is 0 Å². The molecule has 0 atom stereocenters. The summed E-state index contributed by atoms with van der Waals surface area (Å²) in [6.45, 7) is 0.369. The van der Waals surface area contributed by atoms with E-state index in [-0.39, 0.29) is 31.4 Å². The van der Waals surface area contributed by atoms with E-state index in [4.69, 9.17) is 21.6 Å². The molecule has 0 fully saturated rings. The summed E-state index contributed by atoms with van der Waals surface area (Å²) in [6, 6.07) is 5.24. The van der Waals surface area contributed by atoms with E-state index in [1.807, 2.05) is 0 Å². The molecule has 0 unspecified atom stereocenters. The van der Waals surface area contributed by atoms with Crippen LogP contribution in [0.3, 0.4) is 0 Å². The second kappa shape index (κ2) is 18.0. The molecule has 0 saturated heterocycles. The highest BCUT2D eigenvalue weighted by atomic mass is 16.5. The van der Waals surface area contributed by atoms with Gasteiger partial charge in [0.05, 0.1) is 7.11 Å². The molecule has 1 aromatic carbocycles. The quantitative estimate of drug-likeness (QED) is 0.518. The second-order valence-corrected chi connectivity index (χ2v) is 4.90. The van der Waals surface area contributed by atoms with Gasteiger partial charge in [0.15, 0.2) is 0 Å². The lowest BCUT2D eigenvalue weighted by Gasteiger charge is -2.07. The molecule has 0 amide bonds. The van der Waals surface area contributed by atoms with Gasteiger partial charge in [-0.1, -0.05) is 6.07 Å². The van der Waals surface area contributed by atoms with Crippen LogP contribution in [0.15, 0.2) is 18.2 Å². The van der Waals surface area contributed by atoms with Crippen molar-refractivity contribution in [3.63, 3.8) is 0 Å². The van der Waals surface area contributed by atoms with E-state index in [9.17, 15) is 0 Å². The summed E-state index contributed by atoms with van der Waals surface area (Å²) in [4.78, 5) is 0. The van der Waals surface area contributed by atoms with Crippen LogP contribution in [0.2, 0.25) is 0 Å². The SMILES string of the molecule is C#CC#CC#CC#CC#CC#CC#CC#CC#CC#CC#COc1ccc(CN)c(OC)c1.[HH].[HH].[HH].[HH].[HH].[HH].[HH].[HH].[HH].[HH].[HH].[HH].[HH].[HH].[HH].[HH].[HH].[HH].[HH].[HH].[HH].[HH]. The molecular weight excluding hydrogens is 406 g/mol. The summed E-state index contributed by atoms with van der Waals surface area (Å²) in [7, 11) is 1.56. The first kappa shape index (κ1) is 25.0. The van der Waals surface area contributed by atoms with E-state index in [1.54, 1.807) is 25.3 Å². The fraction of sp³-hybridized carbons (Fsp3) is 0.0667. The smallest absolute Gasteiger partial charge is 0.143 e. The largest absolute Gasteiger partial charge is 0.496 e. The van der Waals surface area contributed by atoms with Crippen molar-refractivity contribution in [3.05, 3.63) is 23.8 Å². The Labute approximate surface area is 227 Å². The predicted octanol–water partition coefficient (Wildman–Crippen LogP) is 6.57. The zero-order valence-corrected chi connectivity index (χ0v) is 17.4. The maximum atomic E-state index is 5.61. The number of rotatable bonds is 3. The lowest BCUT2D eigenvalue weighted by molar-refractivity contribution is 0.406. The highest BCUT2D eigenvalue weighted by molar-refractivity contribution is 5.47. The average Bonchev–Trinajstić information content (AvgIpc) is 2.84. The fourth-order valence-electron chi connectivity index (χ4n) is 1.63. The van der Waals surface area contributed by atoms with Crippen molar-refractivity contribution in [1.29, 1.82) is 0 Å². The normalized spacial score (nSPS) is 5.97. The van der Waals surface area contributed by atoms with Crippen molar-refractivity contribution in [2.75, 3.05) is 7.11 Å². The predicted molar refractivity (Wildman–Crippen MR) is 175 cm³/mol. The summed E-state index contributed by atoms with van der Waals surface area (Å²) in [6.07, 6.45) is 7.39. The molecule has 192 valence electrons. The van der Waals surface area contributed by atoms with E-state index in [2.05, 4.69) is 125 Å². The van der Waals surface area contributed by atoms with Gasteiger partial charge in [-0.25, -0.2) is 0 Å². The second-order valence-electron chi connectivity index (χ2n) is 4.90. The topological polar surface area (TPSA) is 44.5 Å². The third-order valence-electron chi connectivity index (χ3n) is 2.90. The van der Waals surface area contributed by atoms with Gasteiger partial charge in [-0.05, 0) is 53.4 Å². The average molecular weight is 462 g/mol. The van der Waals surface area contributed by atoms with Crippen LogP contribution in [0.5, 0.6) is 11.5 Å². The monoisotopic (exact) mass is 461 g/mol. The summed E-state index contributed by atoms with van der Waals surface area (Å²) >= 11 is 0. The molecular formula is C30H55NO2. The molecule has 1 rings (SSSR count). The molecule has 2 N–H and O–H groups in total. The van der Waals surface area contributed by atoms with E-state index < -0.39 is 0 Å². The molecule has 0 spiro atoms. The van der Waals surface area contributed by atoms with Crippen LogP contribution < -0.4 is 15.2 Å². The van der Waals surface area contributed by atoms with Crippen molar-refractivity contribution in [2.45, 2.75) is 6.54 Å². The molecule has 0 aliphatic carbocycles. The summed E-state index contributed by atoms with van der Waals surface area (Å²) in [5.41, 5.74) is 6.48. The summed E-state index contributed by atoms with van der Waals surface area (Å²) in [5.74, 6) is 50.5. The Morgan fingerprint density at radius 3 is 1.52 bits per heavy atom. The highest BCUT2D eigenvalue weighted by Crippen LogP contribution is 2.23. The van der Waals surface area contributed by atoms with Crippen LogP contribution in [0.1, 0.15) is 36.9 Å². The maximum absolute atomic E-state index is 5.61. The summed E-state index contributed by atoms with van der Waals surface area (Å²) in [5, 5.41) is 0. The van der Waals surface area contributed by atoms with Crippen molar-refractivity contribution in [2.24, 2.45) is 5.73 Å². The Balaban J connectivity index is -0.0000000247. The number of hydrogen-bond donors (Lipinski definition) is 1. The molecule has 1 aromatic rings. The molecule has 0 radical (unpaired) electrons. The minimum absolute atomic E-state index is 0. The Bertz CT molecular complexity index is 1620. The molecule has 3 nitrogen and oxygen atoms in total. The van der Waals surface area contributed by atoms with E-state index in [0.717, 1.165) is 5.56 Å². The van der Waals surface area contributed by atoms with Crippen molar-refractivity contribution in [3.8, 4) is 142 Å². The number of benzene rings is 1. The first-order chi connectivity index (χ1) is 16.3. The van der Waals surface area contributed by atoms with Gasteiger partial charge in [0.25, 0.3) is 0 Å². The van der Waals surface area contributed by atoms with E-state index >= 15 is 0 Å². The molecule has 0 bridgehead atoms. The highest BCUT2D eigenvalue weighted by Gasteiger charge is 2.02. The van der Waals surface area contributed by atoms with Gasteiger partial charge in [-0.15, -0.1) is 6.42 Å². The Hall–Kier alpha value is -6.06. The van der Waals surface area contributed by atoms with Crippen molar-refractivity contribution < 1.29 is 40.9 Å². The van der Waals surface area contributed by atoms with Crippen molar-refractivity contribution >= 4 is 0 Å². The van der Waals surface area contributed by atoms with Crippen LogP contribution in [0.4, 0.5) is 0 Å². The van der Waals surface area contributed by atoms with Gasteiger partial charge in [-0.3, -0.25) is 0 Å². The Kier molecular flexibility index (Phi) is 13.6. The van der Waals surface area contributed by atoms with Gasteiger partial charge < -0.3 is 15.2 Å². The minimum atomic E-state index is 0. The molecule has 33 heavy (non-hydrogen) atoms. The maximum Gasteiger partial charge on any atom is 0.143 e. The third-order valence-corrected chi connectivity index (χ3v) is 2.90. The molecule has 0 aliphatic rings. The zero-order chi connectivity index (χ0) is 23.8. The lowest BCUT2D eigenvalue weighted by atomic mass is 10.2. The molecule has 3 heteroatoms. The number of terminal acetylenes is 1. The lowest BCUT2D eigenvalue weighted by Crippen LogP contribution is -1.99. The first-order valence-electron chi connectivity index (χ1n) is 8.81. The standard InChI is InChI=1S/C30H11NO2.22H2/c1-3-4-5-6-7-8-9-10-11-12-13-14-15-16-17-18-19-20-21-22-25-33-29-24-23-28(27-31)30(26-29)32-2;;;;;;;;;;;;;;;;;;;;;;/h1,23-24,26H,27,31H2,2H3;22*1H. The van der Waals surface area contributed by atoms with Crippen LogP contribution in [-0.4, -0.2) is 7.11 Å². The van der Waals surface area contributed by atoms with E-state index in [0.29, 0.717) is 18.0 Å². The Morgan fingerprint density at radius 1 is 0.697 bits per heavy atom. The number of ether oxygens (including phenoxy) is 2. The van der Waals surface area contributed by atoms with Crippen LogP contribution in [0.25, 0.3) is 0 Å². The van der Waals surface area contributed by atoms with Gasteiger partial charge in [0.2, 0.25) is 0 Å². The molecule has 0 aliphatic heterocycles. The van der Waals surface area contributed by atoms with Crippen LogP contribution in [0, 0.1) is 131 Å². The Morgan fingerprint density at radius 2 is 1.12 bits per heavy atom. The molecule has 0 saturated carbocycles. The van der Waals surface area contributed by atoms with Gasteiger partial charge >= 0.3 is 0 Å². The number of methoxy groups -OCH3 is 1. The molecule has 0 aromatic heterocycles. The summed E-state index contributed by atoms with van der Waals surface area (Å²) < 4.78 is 10.5. The van der Waals surface area contributed by atoms with Gasteiger partial charge in [0, 0.05) is 121 Å². The van der Waals surface area contributed by atoms with Crippen molar-refractivity contribution in [1.82, 2.24) is 0 Å². The molecule has 0 heterocycles. The zero-order valence-electron chi connectivity index (χ0n) is 17.4. The number of nitrogens with two attached hydrogens (primary N) is 1. The van der Waals surface area contributed by atoms with Crippen LogP contribution in [-0.2, 0) is 6.54 Å². The number of hydrogen-bond acceptors (Lipinski definition) is 3.